The number of esters is 1. The van der Waals surface area contributed by atoms with Crippen LogP contribution in [-0.4, -0.2) is 22.9 Å². The van der Waals surface area contributed by atoms with Crippen molar-refractivity contribution in [2.24, 2.45) is 0 Å². The predicted molar refractivity (Wildman–Crippen MR) is 92.1 cm³/mol. The number of ether oxygens (including phenoxy) is 1. The van der Waals surface area contributed by atoms with Crippen LogP contribution in [0.15, 0.2) is 42.5 Å². The summed E-state index contributed by atoms with van der Waals surface area (Å²) in [5.74, 6) is -0.413. The number of hydrogen-bond acceptors (Lipinski definition) is 3. The number of ketones is 1. The molecule has 0 fully saturated rings. The number of carbonyl (C=O) groups excluding carboxylic acids is 2. The fraction of sp³-hybridized carbons (Fsp3) is 0.400. The van der Waals surface area contributed by atoms with Crippen LogP contribution in [0.1, 0.15) is 60.3 Å². The molecule has 1 aliphatic rings. The number of hydrogen-bond donors (Lipinski definition) is 0. The van der Waals surface area contributed by atoms with Crippen LogP contribution in [0.2, 0.25) is 0 Å². The lowest BCUT2D eigenvalue weighted by Gasteiger charge is -2.09. The number of benzene rings is 1. The van der Waals surface area contributed by atoms with Crippen molar-refractivity contribution in [3.8, 4) is 0 Å². The van der Waals surface area contributed by atoms with Gasteiger partial charge >= 0.3 is 5.97 Å². The molecule has 1 atom stereocenters. The van der Waals surface area contributed by atoms with Gasteiger partial charge in [0.1, 0.15) is 0 Å². The van der Waals surface area contributed by atoms with Crippen molar-refractivity contribution in [2.45, 2.75) is 45.1 Å². The fourth-order valence-electron chi connectivity index (χ4n) is 3.24. The van der Waals surface area contributed by atoms with Crippen molar-refractivity contribution < 1.29 is 14.3 Å². The summed E-state index contributed by atoms with van der Waals surface area (Å²) in [6.07, 6.45) is 3.80. The van der Waals surface area contributed by atoms with E-state index in [9.17, 15) is 9.59 Å². The Hall–Kier alpha value is -2.36. The summed E-state index contributed by atoms with van der Waals surface area (Å²) in [5, 5.41) is 0. The Morgan fingerprint density at radius 2 is 1.92 bits per heavy atom. The minimum Gasteiger partial charge on any atom is -0.465 e. The zero-order valence-corrected chi connectivity index (χ0v) is 14.0. The highest BCUT2D eigenvalue weighted by Crippen LogP contribution is 2.32. The molecule has 1 aromatic heterocycles. The van der Waals surface area contributed by atoms with Gasteiger partial charge in [0.25, 0.3) is 0 Å². The molecule has 1 aromatic carbocycles. The normalized spacial score (nSPS) is 16.0. The Bertz CT molecular complexity index is 718. The maximum atomic E-state index is 12.7. The van der Waals surface area contributed by atoms with Gasteiger partial charge in [0.2, 0.25) is 5.78 Å². The van der Waals surface area contributed by atoms with Crippen LogP contribution in [0.4, 0.5) is 0 Å². The fourth-order valence-corrected chi connectivity index (χ4v) is 3.24. The van der Waals surface area contributed by atoms with Crippen LogP contribution in [0.3, 0.4) is 0 Å². The van der Waals surface area contributed by atoms with E-state index in [0.717, 1.165) is 25.0 Å². The van der Waals surface area contributed by atoms with Gasteiger partial charge in [-0.3, -0.25) is 9.59 Å². The molecule has 0 aliphatic carbocycles. The maximum Gasteiger partial charge on any atom is 0.315 e. The lowest BCUT2D eigenvalue weighted by Crippen LogP contribution is -2.14. The first kappa shape index (κ1) is 16.5. The second-order valence-corrected chi connectivity index (χ2v) is 6.21. The molecule has 126 valence electrons. The summed E-state index contributed by atoms with van der Waals surface area (Å²) < 4.78 is 7.37. The molecule has 2 heterocycles. The zero-order valence-electron chi connectivity index (χ0n) is 14.0. The molecule has 4 nitrogen and oxygen atoms in total. The minimum atomic E-state index is -0.246. The highest BCUT2D eigenvalue weighted by atomic mass is 16.5. The SMILES string of the molecule is CCCCCOC(=O)C1CCn2c(C(=O)c3ccccc3)ccc21. The van der Waals surface area contributed by atoms with Gasteiger partial charge < -0.3 is 9.30 Å². The average molecular weight is 325 g/mol. The van der Waals surface area contributed by atoms with Crippen LogP contribution in [0.5, 0.6) is 0 Å². The summed E-state index contributed by atoms with van der Waals surface area (Å²) in [6, 6.07) is 13.0. The molecule has 0 radical (unpaired) electrons. The van der Waals surface area contributed by atoms with Gasteiger partial charge in [-0.05, 0) is 25.0 Å². The monoisotopic (exact) mass is 325 g/mol. The van der Waals surface area contributed by atoms with Crippen LogP contribution >= 0.6 is 0 Å². The maximum absolute atomic E-state index is 12.7. The van der Waals surface area contributed by atoms with Crippen molar-refractivity contribution >= 4 is 11.8 Å². The molecule has 4 heteroatoms. The Balaban J connectivity index is 1.71. The third-order valence-electron chi connectivity index (χ3n) is 4.56. The van der Waals surface area contributed by atoms with E-state index in [1.54, 1.807) is 0 Å². The van der Waals surface area contributed by atoms with Gasteiger partial charge in [0, 0.05) is 17.8 Å². The number of aromatic nitrogens is 1. The largest absolute Gasteiger partial charge is 0.465 e. The third kappa shape index (κ3) is 3.28. The number of rotatable bonds is 7. The summed E-state index contributed by atoms with van der Waals surface area (Å²) in [7, 11) is 0. The molecule has 0 saturated heterocycles. The van der Waals surface area contributed by atoms with E-state index in [2.05, 4.69) is 6.92 Å². The Kier molecular flexibility index (Phi) is 5.14. The van der Waals surface area contributed by atoms with Crippen LogP contribution < -0.4 is 0 Å². The van der Waals surface area contributed by atoms with Crippen LogP contribution in [-0.2, 0) is 16.1 Å². The molecular formula is C20H23NO3. The van der Waals surface area contributed by atoms with Gasteiger partial charge in [0.15, 0.2) is 0 Å². The van der Waals surface area contributed by atoms with Crippen molar-refractivity contribution in [2.75, 3.05) is 6.61 Å². The topological polar surface area (TPSA) is 48.3 Å². The van der Waals surface area contributed by atoms with E-state index in [0.29, 0.717) is 30.8 Å². The molecule has 0 bridgehead atoms. The molecule has 0 saturated carbocycles. The molecule has 2 aromatic rings. The summed E-state index contributed by atoms with van der Waals surface area (Å²) in [6.45, 7) is 3.29. The highest BCUT2D eigenvalue weighted by Gasteiger charge is 2.32. The predicted octanol–water partition coefficient (Wildman–Crippen LogP) is 3.94. The van der Waals surface area contributed by atoms with Crippen molar-refractivity contribution in [3.05, 3.63) is 59.4 Å². The van der Waals surface area contributed by atoms with Crippen molar-refractivity contribution in [3.63, 3.8) is 0 Å². The standard InChI is InChI=1S/C20H23NO3/c1-2-3-7-14-24-20(23)16-12-13-21-17(16)10-11-18(21)19(22)15-8-5-4-6-9-15/h4-6,8-11,16H,2-3,7,12-14H2,1H3. The van der Waals surface area contributed by atoms with Gasteiger partial charge in [-0.15, -0.1) is 0 Å². The molecule has 1 aliphatic heterocycles. The summed E-state index contributed by atoms with van der Waals surface area (Å²) in [4.78, 5) is 25.0. The van der Waals surface area contributed by atoms with E-state index >= 15 is 0 Å². The molecule has 24 heavy (non-hydrogen) atoms. The number of fused-ring (bicyclic) bond motifs is 1. The number of unbranched alkanes of at least 4 members (excludes halogenated alkanes) is 2. The zero-order chi connectivity index (χ0) is 16.9. The molecule has 0 amide bonds. The van der Waals surface area contributed by atoms with E-state index < -0.39 is 0 Å². The first-order chi connectivity index (χ1) is 11.7. The van der Waals surface area contributed by atoms with Gasteiger partial charge in [-0.1, -0.05) is 50.1 Å². The summed E-state index contributed by atoms with van der Waals surface area (Å²) >= 11 is 0. The van der Waals surface area contributed by atoms with Gasteiger partial charge in [0.05, 0.1) is 18.2 Å². The molecule has 3 rings (SSSR count). The van der Waals surface area contributed by atoms with Crippen LogP contribution in [0, 0.1) is 0 Å². The van der Waals surface area contributed by atoms with Crippen molar-refractivity contribution in [1.82, 2.24) is 4.57 Å². The van der Waals surface area contributed by atoms with E-state index in [-0.39, 0.29) is 17.7 Å². The lowest BCUT2D eigenvalue weighted by molar-refractivity contribution is -0.145. The first-order valence-corrected chi connectivity index (χ1v) is 8.68. The molecular weight excluding hydrogens is 302 g/mol. The van der Waals surface area contributed by atoms with Crippen molar-refractivity contribution in [1.29, 1.82) is 0 Å². The van der Waals surface area contributed by atoms with Gasteiger partial charge in [-0.2, -0.15) is 0 Å². The highest BCUT2D eigenvalue weighted by molar-refractivity contribution is 6.08. The Morgan fingerprint density at radius 3 is 2.67 bits per heavy atom. The quantitative estimate of drug-likeness (QED) is 0.440. The average Bonchev–Trinajstić information content (AvgIpc) is 3.20. The van der Waals surface area contributed by atoms with Crippen LogP contribution in [0.25, 0.3) is 0 Å². The molecule has 0 spiro atoms. The minimum absolute atomic E-state index is 0.00110. The first-order valence-electron chi connectivity index (χ1n) is 8.68. The molecule has 0 N–H and O–H groups in total. The van der Waals surface area contributed by atoms with E-state index in [4.69, 9.17) is 4.74 Å². The number of nitrogens with zero attached hydrogens (tertiary/aromatic N) is 1. The van der Waals surface area contributed by atoms with E-state index in [1.165, 1.54) is 0 Å². The number of carbonyl (C=O) groups is 2. The summed E-state index contributed by atoms with van der Waals surface area (Å²) in [5.41, 5.74) is 2.22. The van der Waals surface area contributed by atoms with E-state index in [1.807, 2.05) is 47.0 Å². The smallest absolute Gasteiger partial charge is 0.315 e. The Labute approximate surface area is 142 Å². The second-order valence-electron chi connectivity index (χ2n) is 6.21. The second kappa shape index (κ2) is 7.47. The Morgan fingerprint density at radius 1 is 1.12 bits per heavy atom. The van der Waals surface area contributed by atoms with Gasteiger partial charge in [-0.25, -0.2) is 0 Å². The lowest BCUT2D eigenvalue weighted by atomic mass is 10.1. The molecule has 1 unspecified atom stereocenters. The third-order valence-corrected chi connectivity index (χ3v) is 4.56.